The van der Waals surface area contributed by atoms with Gasteiger partial charge < -0.3 is 14.8 Å². The lowest BCUT2D eigenvalue weighted by Gasteiger charge is -2.26. The average Bonchev–Trinajstić information content (AvgIpc) is 2.57. The topological polar surface area (TPSA) is 67.9 Å². The molecule has 1 fully saturated rings. The lowest BCUT2D eigenvalue weighted by Crippen LogP contribution is -2.37. The third kappa shape index (κ3) is 4.96. The second kappa shape index (κ2) is 9.27. The van der Waals surface area contributed by atoms with Gasteiger partial charge in [0.15, 0.2) is 0 Å². The first kappa shape index (κ1) is 18.3. The maximum absolute atomic E-state index is 12.4. The van der Waals surface area contributed by atoms with Crippen LogP contribution in [0.4, 0.5) is 5.69 Å². The predicted molar refractivity (Wildman–Crippen MR) is 92.5 cm³/mol. The quantitative estimate of drug-likeness (QED) is 0.777. The number of para-hydroxylation sites is 1. The SMILES string of the molecule is CCOC(=O)c1cccc(OCC)c1NC(=O)CN1CCCCC1. The largest absolute Gasteiger partial charge is 0.492 e. The maximum Gasteiger partial charge on any atom is 0.340 e. The van der Waals surface area contributed by atoms with Crippen LogP contribution in [0.1, 0.15) is 43.5 Å². The summed E-state index contributed by atoms with van der Waals surface area (Å²) in [6, 6.07) is 5.09. The highest BCUT2D eigenvalue weighted by Gasteiger charge is 2.20. The summed E-state index contributed by atoms with van der Waals surface area (Å²) in [7, 11) is 0. The molecular formula is C18H26N2O4. The number of amides is 1. The van der Waals surface area contributed by atoms with Gasteiger partial charge in [0, 0.05) is 0 Å². The van der Waals surface area contributed by atoms with Gasteiger partial charge in [-0.1, -0.05) is 12.5 Å². The number of likely N-dealkylation sites (tertiary alicyclic amines) is 1. The third-order valence-electron chi connectivity index (χ3n) is 3.90. The Bertz CT molecular complexity index is 568. The molecule has 1 N–H and O–H groups in total. The molecule has 0 aromatic heterocycles. The van der Waals surface area contributed by atoms with Gasteiger partial charge in [0.05, 0.1) is 31.0 Å². The number of esters is 1. The van der Waals surface area contributed by atoms with E-state index in [4.69, 9.17) is 9.47 Å². The fraction of sp³-hybridized carbons (Fsp3) is 0.556. The van der Waals surface area contributed by atoms with Crippen molar-refractivity contribution in [1.29, 1.82) is 0 Å². The molecule has 1 aliphatic rings. The Labute approximate surface area is 143 Å². The van der Waals surface area contributed by atoms with Gasteiger partial charge in [-0.05, 0) is 51.9 Å². The Balaban J connectivity index is 2.15. The molecule has 0 bridgehead atoms. The summed E-state index contributed by atoms with van der Waals surface area (Å²) < 4.78 is 10.6. The predicted octanol–water partition coefficient (Wildman–Crippen LogP) is 2.69. The molecule has 1 aromatic carbocycles. The van der Waals surface area contributed by atoms with Gasteiger partial charge in [0.25, 0.3) is 0 Å². The minimum Gasteiger partial charge on any atom is -0.492 e. The minimum atomic E-state index is -0.465. The van der Waals surface area contributed by atoms with Crippen LogP contribution in [-0.4, -0.2) is 49.6 Å². The van der Waals surface area contributed by atoms with E-state index in [1.54, 1.807) is 25.1 Å². The number of benzene rings is 1. The molecule has 1 aromatic rings. The van der Waals surface area contributed by atoms with Crippen LogP contribution >= 0.6 is 0 Å². The number of ether oxygens (including phenoxy) is 2. The summed E-state index contributed by atoms with van der Waals surface area (Å²) in [6.45, 7) is 6.52. The zero-order valence-electron chi connectivity index (χ0n) is 14.5. The van der Waals surface area contributed by atoms with E-state index >= 15 is 0 Å². The molecule has 0 spiro atoms. The van der Waals surface area contributed by atoms with Crippen LogP contribution in [0.5, 0.6) is 5.75 Å². The minimum absolute atomic E-state index is 0.144. The summed E-state index contributed by atoms with van der Waals surface area (Å²) in [5.74, 6) is -0.128. The molecule has 6 heteroatoms. The molecule has 2 rings (SSSR count). The zero-order valence-corrected chi connectivity index (χ0v) is 14.5. The fourth-order valence-electron chi connectivity index (χ4n) is 2.81. The van der Waals surface area contributed by atoms with Crippen LogP contribution in [0.15, 0.2) is 18.2 Å². The third-order valence-corrected chi connectivity index (χ3v) is 3.90. The van der Waals surface area contributed by atoms with Crippen LogP contribution in [0.25, 0.3) is 0 Å². The number of carbonyl (C=O) groups excluding carboxylic acids is 2. The smallest absolute Gasteiger partial charge is 0.340 e. The summed E-state index contributed by atoms with van der Waals surface area (Å²) in [5, 5.41) is 2.84. The van der Waals surface area contributed by atoms with Crippen LogP contribution in [0.3, 0.4) is 0 Å². The van der Waals surface area contributed by atoms with E-state index in [2.05, 4.69) is 10.2 Å². The van der Waals surface area contributed by atoms with Gasteiger partial charge in [-0.2, -0.15) is 0 Å². The van der Waals surface area contributed by atoms with Gasteiger partial charge in [0.1, 0.15) is 5.75 Å². The Morgan fingerprint density at radius 1 is 1.12 bits per heavy atom. The second-order valence-corrected chi connectivity index (χ2v) is 5.72. The zero-order chi connectivity index (χ0) is 17.4. The van der Waals surface area contributed by atoms with Crippen LogP contribution in [0, 0.1) is 0 Å². The van der Waals surface area contributed by atoms with Crippen molar-refractivity contribution in [2.45, 2.75) is 33.1 Å². The molecule has 0 saturated carbocycles. The first-order chi connectivity index (χ1) is 11.7. The van der Waals surface area contributed by atoms with Crippen molar-refractivity contribution >= 4 is 17.6 Å². The van der Waals surface area contributed by atoms with Crippen molar-refractivity contribution in [1.82, 2.24) is 4.90 Å². The number of piperidine rings is 1. The summed E-state index contributed by atoms with van der Waals surface area (Å²) in [5.41, 5.74) is 0.703. The molecule has 1 heterocycles. The van der Waals surface area contributed by atoms with E-state index in [1.807, 2.05) is 6.92 Å². The van der Waals surface area contributed by atoms with E-state index < -0.39 is 5.97 Å². The monoisotopic (exact) mass is 334 g/mol. The molecule has 0 radical (unpaired) electrons. The van der Waals surface area contributed by atoms with E-state index in [9.17, 15) is 9.59 Å². The maximum atomic E-state index is 12.4. The standard InChI is InChI=1S/C18H26N2O4/c1-3-23-15-10-8-9-14(18(22)24-4-2)17(15)19-16(21)13-20-11-6-5-7-12-20/h8-10H,3-7,11-13H2,1-2H3,(H,19,21). The molecule has 1 amide bonds. The highest BCUT2D eigenvalue weighted by Crippen LogP contribution is 2.29. The van der Waals surface area contributed by atoms with E-state index in [0.717, 1.165) is 25.9 Å². The van der Waals surface area contributed by atoms with Crippen LogP contribution in [0.2, 0.25) is 0 Å². The Morgan fingerprint density at radius 3 is 2.54 bits per heavy atom. The van der Waals surface area contributed by atoms with Gasteiger partial charge >= 0.3 is 5.97 Å². The van der Waals surface area contributed by atoms with Gasteiger partial charge in [-0.15, -0.1) is 0 Å². The van der Waals surface area contributed by atoms with Crippen molar-refractivity contribution in [3.05, 3.63) is 23.8 Å². The Kier molecular flexibility index (Phi) is 7.06. The fourth-order valence-corrected chi connectivity index (χ4v) is 2.81. The molecule has 24 heavy (non-hydrogen) atoms. The summed E-state index contributed by atoms with van der Waals surface area (Å²) in [4.78, 5) is 26.7. The highest BCUT2D eigenvalue weighted by atomic mass is 16.5. The van der Waals surface area contributed by atoms with Crippen LogP contribution < -0.4 is 10.1 Å². The number of rotatable bonds is 7. The molecular weight excluding hydrogens is 308 g/mol. The van der Waals surface area contributed by atoms with Crippen molar-refractivity contribution in [2.75, 3.05) is 38.2 Å². The molecule has 1 aliphatic heterocycles. The van der Waals surface area contributed by atoms with Crippen LogP contribution in [-0.2, 0) is 9.53 Å². The second-order valence-electron chi connectivity index (χ2n) is 5.72. The highest BCUT2D eigenvalue weighted by molar-refractivity contribution is 6.03. The number of hydrogen-bond acceptors (Lipinski definition) is 5. The Morgan fingerprint density at radius 2 is 1.88 bits per heavy atom. The van der Waals surface area contributed by atoms with Gasteiger partial charge in [0.2, 0.25) is 5.91 Å². The van der Waals surface area contributed by atoms with E-state index in [-0.39, 0.29) is 12.5 Å². The first-order valence-corrected chi connectivity index (χ1v) is 8.60. The molecule has 0 atom stereocenters. The van der Waals surface area contributed by atoms with Crippen molar-refractivity contribution in [2.24, 2.45) is 0 Å². The Hall–Kier alpha value is -2.08. The lowest BCUT2D eigenvalue weighted by atomic mass is 10.1. The van der Waals surface area contributed by atoms with E-state index in [0.29, 0.717) is 30.2 Å². The van der Waals surface area contributed by atoms with Crippen molar-refractivity contribution < 1.29 is 19.1 Å². The summed E-state index contributed by atoms with van der Waals surface area (Å²) >= 11 is 0. The number of anilines is 1. The molecule has 0 aliphatic carbocycles. The average molecular weight is 334 g/mol. The molecule has 0 unspecified atom stereocenters. The van der Waals surface area contributed by atoms with Crippen molar-refractivity contribution in [3.63, 3.8) is 0 Å². The molecule has 6 nitrogen and oxygen atoms in total. The molecule has 132 valence electrons. The number of nitrogens with one attached hydrogen (secondary N) is 1. The van der Waals surface area contributed by atoms with Gasteiger partial charge in [-0.3, -0.25) is 9.69 Å². The van der Waals surface area contributed by atoms with Crippen molar-refractivity contribution in [3.8, 4) is 5.75 Å². The van der Waals surface area contributed by atoms with E-state index in [1.165, 1.54) is 6.42 Å². The first-order valence-electron chi connectivity index (χ1n) is 8.60. The lowest BCUT2D eigenvalue weighted by molar-refractivity contribution is -0.117. The molecule has 1 saturated heterocycles. The number of nitrogens with zero attached hydrogens (tertiary/aromatic N) is 1. The number of carbonyl (C=O) groups is 2. The number of hydrogen-bond donors (Lipinski definition) is 1. The summed E-state index contributed by atoms with van der Waals surface area (Å²) in [6.07, 6.45) is 3.46. The normalized spacial score (nSPS) is 14.9. The van der Waals surface area contributed by atoms with Gasteiger partial charge in [-0.25, -0.2) is 4.79 Å².